The number of para-hydroxylation sites is 1. The van der Waals surface area contributed by atoms with Gasteiger partial charge in [0.2, 0.25) is 5.91 Å². The lowest BCUT2D eigenvalue weighted by Crippen LogP contribution is -2.13. The van der Waals surface area contributed by atoms with Gasteiger partial charge < -0.3 is 15.8 Å². The molecule has 36 heavy (non-hydrogen) atoms. The van der Waals surface area contributed by atoms with E-state index in [2.05, 4.69) is 17.4 Å². The van der Waals surface area contributed by atoms with Crippen molar-refractivity contribution in [2.24, 2.45) is 5.73 Å². The van der Waals surface area contributed by atoms with Crippen LogP contribution in [0.1, 0.15) is 18.4 Å². The third-order valence-corrected chi connectivity index (χ3v) is 6.38. The van der Waals surface area contributed by atoms with E-state index in [1.165, 1.54) is 0 Å². The molecule has 1 aromatic heterocycles. The lowest BCUT2D eigenvalue weighted by molar-refractivity contribution is -0.115. The van der Waals surface area contributed by atoms with Gasteiger partial charge in [0.25, 0.3) is 0 Å². The second-order valence-electron chi connectivity index (χ2n) is 8.51. The fourth-order valence-electron chi connectivity index (χ4n) is 4.36. The Bertz CT molecular complexity index is 1380. The second kappa shape index (κ2) is 11.6. The number of hydrogen-bond donors (Lipinski definition) is 2. The summed E-state index contributed by atoms with van der Waals surface area (Å²) in [5.41, 5.74) is 12.6. The summed E-state index contributed by atoms with van der Waals surface area (Å²) in [6.07, 6.45) is 2.04. The molecule has 0 saturated heterocycles. The molecule has 0 atom stereocenters. The number of amides is 1. The molecule has 0 aliphatic carbocycles. The third-order valence-electron chi connectivity index (χ3n) is 6.09. The summed E-state index contributed by atoms with van der Waals surface area (Å²) < 4.78 is 5.83. The maximum Gasteiger partial charge on any atom is 0.228 e. The first-order valence-electron chi connectivity index (χ1n) is 11.8. The van der Waals surface area contributed by atoms with Crippen molar-refractivity contribution in [3.8, 4) is 39.4 Å². The van der Waals surface area contributed by atoms with E-state index in [9.17, 15) is 4.79 Å². The van der Waals surface area contributed by atoms with Crippen LogP contribution >= 0.6 is 24.0 Å². The fraction of sp³-hybridized carbons (Fsp3) is 0.172. The molecule has 2 heterocycles. The van der Waals surface area contributed by atoms with E-state index in [4.69, 9.17) is 27.1 Å². The minimum Gasteiger partial charge on any atom is -0.492 e. The number of anilines is 1. The van der Waals surface area contributed by atoms with Gasteiger partial charge >= 0.3 is 0 Å². The number of hydrogen-bond acceptors (Lipinski definition) is 4. The summed E-state index contributed by atoms with van der Waals surface area (Å²) in [5.74, 6) is 0.590. The smallest absolute Gasteiger partial charge is 0.228 e. The molecule has 0 radical (unpaired) electrons. The molecule has 0 fully saturated rings. The number of nitrogens with one attached hydrogen (secondary N) is 1. The van der Waals surface area contributed by atoms with Crippen molar-refractivity contribution in [1.82, 2.24) is 4.98 Å². The maximum absolute atomic E-state index is 12.8. The maximum atomic E-state index is 12.8. The van der Waals surface area contributed by atoms with Crippen molar-refractivity contribution in [1.29, 1.82) is 0 Å². The molecule has 1 aliphatic rings. The van der Waals surface area contributed by atoms with Gasteiger partial charge in [0, 0.05) is 11.1 Å². The number of rotatable bonds is 7. The van der Waals surface area contributed by atoms with Crippen molar-refractivity contribution in [2.45, 2.75) is 19.3 Å². The SMILES string of the molecule is Cl.NCCCCOc1ccc(-c2cc(-c3ccccc3)c3c(n2)-c2ccccc2NC(=O)C3)cc1Cl. The number of benzene rings is 3. The van der Waals surface area contributed by atoms with Crippen molar-refractivity contribution in [2.75, 3.05) is 18.5 Å². The molecule has 0 unspecified atom stereocenters. The highest BCUT2D eigenvalue weighted by atomic mass is 35.5. The van der Waals surface area contributed by atoms with E-state index in [0.29, 0.717) is 23.9 Å². The van der Waals surface area contributed by atoms with Gasteiger partial charge in [0.1, 0.15) is 5.75 Å². The van der Waals surface area contributed by atoms with Crippen LogP contribution in [0.25, 0.3) is 33.6 Å². The zero-order chi connectivity index (χ0) is 24.2. The highest BCUT2D eigenvalue weighted by Crippen LogP contribution is 2.40. The van der Waals surface area contributed by atoms with Gasteiger partial charge in [-0.2, -0.15) is 0 Å². The van der Waals surface area contributed by atoms with E-state index in [-0.39, 0.29) is 24.7 Å². The third kappa shape index (κ3) is 5.39. The summed E-state index contributed by atoms with van der Waals surface area (Å²) in [6.45, 7) is 1.22. The van der Waals surface area contributed by atoms with Gasteiger partial charge in [-0.15, -0.1) is 12.4 Å². The normalized spacial score (nSPS) is 12.0. The Kier molecular flexibility index (Phi) is 8.26. The summed E-state index contributed by atoms with van der Waals surface area (Å²) in [7, 11) is 0. The van der Waals surface area contributed by atoms with Gasteiger partial charge in [-0.1, -0.05) is 60.1 Å². The van der Waals surface area contributed by atoms with Crippen LogP contribution in [0.4, 0.5) is 5.69 Å². The van der Waals surface area contributed by atoms with E-state index in [1.807, 2.05) is 66.7 Å². The largest absolute Gasteiger partial charge is 0.492 e. The molecular weight excluding hydrogens is 493 g/mol. The average molecular weight is 520 g/mol. The first-order chi connectivity index (χ1) is 17.1. The summed E-state index contributed by atoms with van der Waals surface area (Å²) in [4.78, 5) is 17.8. The van der Waals surface area contributed by atoms with Crippen molar-refractivity contribution >= 4 is 35.6 Å². The Labute approximate surface area is 222 Å². The Hall–Kier alpha value is -3.38. The fourth-order valence-corrected chi connectivity index (χ4v) is 4.59. The molecular formula is C29H27Cl2N3O2. The number of carbonyl (C=O) groups is 1. The molecule has 5 rings (SSSR count). The van der Waals surface area contributed by atoms with Crippen LogP contribution in [0, 0.1) is 0 Å². The summed E-state index contributed by atoms with van der Waals surface area (Å²) in [6, 6.07) is 25.7. The van der Waals surface area contributed by atoms with Gasteiger partial charge in [-0.05, 0) is 66.4 Å². The van der Waals surface area contributed by atoms with Crippen molar-refractivity contribution in [3.63, 3.8) is 0 Å². The molecule has 0 spiro atoms. The van der Waals surface area contributed by atoms with E-state index >= 15 is 0 Å². The number of ether oxygens (including phenoxy) is 1. The Morgan fingerprint density at radius 1 is 0.917 bits per heavy atom. The number of carbonyl (C=O) groups excluding carboxylic acids is 1. The predicted molar refractivity (Wildman–Crippen MR) is 149 cm³/mol. The van der Waals surface area contributed by atoms with Crippen molar-refractivity contribution < 1.29 is 9.53 Å². The number of aromatic nitrogens is 1. The molecule has 3 N–H and O–H groups in total. The predicted octanol–water partition coefficient (Wildman–Crippen LogP) is 6.77. The number of unbranched alkanes of at least 4 members (excludes halogenated alkanes) is 1. The minimum atomic E-state index is -0.0536. The molecule has 7 heteroatoms. The van der Waals surface area contributed by atoms with Crippen LogP contribution in [-0.2, 0) is 11.2 Å². The zero-order valence-electron chi connectivity index (χ0n) is 19.7. The lowest BCUT2D eigenvalue weighted by Gasteiger charge is -2.16. The molecule has 1 aliphatic heterocycles. The molecule has 0 bridgehead atoms. The standard InChI is InChI=1S/C29H26ClN3O2.ClH/c30-24-16-20(12-13-27(24)35-15-7-6-14-31)26-17-22(19-8-2-1-3-9-19)23-18-28(34)32-25-11-5-4-10-21(25)29(23)33-26;/h1-5,8-13,16-17H,6-7,14-15,18,31H2,(H,32,34);1H. The zero-order valence-corrected chi connectivity index (χ0v) is 21.2. The molecule has 0 saturated carbocycles. The molecule has 4 aromatic rings. The molecule has 3 aromatic carbocycles. The Morgan fingerprint density at radius 3 is 2.47 bits per heavy atom. The van der Waals surface area contributed by atoms with E-state index in [1.54, 1.807) is 0 Å². The van der Waals surface area contributed by atoms with Crippen LogP contribution < -0.4 is 15.8 Å². The Balaban J connectivity index is 0.00000304. The minimum absolute atomic E-state index is 0. The highest BCUT2D eigenvalue weighted by Gasteiger charge is 2.24. The van der Waals surface area contributed by atoms with Gasteiger partial charge in [-0.3, -0.25) is 4.79 Å². The number of halogens is 2. The number of nitrogens with zero attached hydrogens (tertiary/aromatic N) is 1. The van der Waals surface area contributed by atoms with E-state index < -0.39 is 0 Å². The second-order valence-corrected chi connectivity index (χ2v) is 8.92. The van der Waals surface area contributed by atoms with Crippen LogP contribution in [0.15, 0.2) is 78.9 Å². The lowest BCUT2D eigenvalue weighted by atomic mass is 9.92. The number of nitrogens with two attached hydrogens (primary N) is 1. The summed E-state index contributed by atoms with van der Waals surface area (Å²) in [5, 5.41) is 3.56. The molecule has 184 valence electrons. The number of fused-ring (bicyclic) bond motifs is 3. The van der Waals surface area contributed by atoms with Crippen LogP contribution in [-0.4, -0.2) is 24.0 Å². The van der Waals surface area contributed by atoms with Crippen LogP contribution in [0.3, 0.4) is 0 Å². The number of pyridine rings is 1. The van der Waals surface area contributed by atoms with Gasteiger partial charge in [0.05, 0.1) is 35.1 Å². The first-order valence-corrected chi connectivity index (χ1v) is 12.1. The first kappa shape index (κ1) is 25.7. The summed E-state index contributed by atoms with van der Waals surface area (Å²) >= 11 is 6.59. The Morgan fingerprint density at radius 2 is 1.69 bits per heavy atom. The molecule has 5 nitrogen and oxygen atoms in total. The monoisotopic (exact) mass is 519 g/mol. The van der Waals surface area contributed by atoms with Crippen LogP contribution in [0.5, 0.6) is 5.75 Å². The topological polar surface area (TPSA) is 77.2 Å². The van der Waals surface area contributed by atoms with E-state index in [0.717, 1.165) is 57.7 Å². The van der Waals surface area contributed by atoms with Crippen molar-refractivity contribution in [3.05, 3.63) is 89.4 Å². The van der Waals surface area contributed by atoms with Crippen LogP contribution in [0.2, 0.25) is 5.02 Å². The molecule has 1 amide bonds. The quantitative estimate of drug-likeness (QED) is 0.264. The highest BCUT2D eigenvalue weighted by molar-refractivity contribution is 6.32. The average Bonchev–Trinajstić information content (AvgIpc) is 3.02. The van der Waals surface area contributed by atoms with Gasteiger partial charge in [0.15, 0.2) is 0 Å². The van der Waals surface area contributed by atoms with Gasteiger partial charge in [-0.25, -0.2) is 4.98 Å².